The molecule has 0 bridgehead atoms. The Morgan fingerprint density at radius 2 is 1.89 bits per heavy atom. The Kier molecular flexibility index (Phi) is 11.3. The summed E-state index contributed by atoms with van der Waals surface area (Å²) in [6.07, 6.45) is 0. The summed E-state index contributed by atoms with van der Waals surface area (Å²) >= 11 is 1.72. The normalized spacial score (nSPS) is 11.0. The van der Waals surface area contributed by atoms with Crippen LogP contribution in [0, 0.1) is 13.8 Å². The summed E-state index contributed by atoms with van der Waals surface area (Å²) < 4.78 is 10.6. The molecule has 0 amide bonds. The fraction of sp³-hybridized carbons (Fsp3) is 0.474. The van der Waals surface area contributed by atoms with Crippen molar-refractivity contribution in [2.75, 3.05) is 26.9 Å². The van der Waals surface area contributed by atoms with Crippen molar-refractivity contribution < 1.29 is 9.47 Å². The first-order valence-corrected chi connectivity index (χ1v) is 9.59. The Morgan fingerprint density at radius 1 is 1.15 bits per heavy atom. The molecule has 0 saturated carbocycles. The van der Waals surface area contributed by atoms with Gasteiger partial charge in [-0.1, -0.05) is 12.1 Å². The maximum Gasteiger partial charge on any atom is 0.191 e. The fourth-order valence-corrected chi connectivity index (χ4v) is 3.22. The van der Waals surface area contributed by atoms with Gasteiger partial charge in [-0.3, -0.25) is 0 Å². The first-order chi connectivity index (χ1) is 12.6. The zero-order chi connectivity index (χ0) is 18.8. The number of hydrogen-bond acceptors (Lipinski definition) is 5. The number of ether oxygens (including phenoxy) is 2. The van der Waals surface area contributed by atoms with Crippen LogP contribution >= 0.6 is 35.3 Å². The summed E-state index contributed by atoms with van der Waals surface area (Å²) in [7, 11) is 1.66. The van der Waals surface area contributed by atoms with E-state index in [0.717, 1.165) is 41.1 Å². The van der Waals surface area contributed by atoms with Gasteiger partial charge in [-0.25, -0.2) is 9.98 Å². The van der Waals surface area contributed by atoms with Crippen LogP contribution in [0.5, 0.6) is 5.75 Å². The summed E-state index contributed by atoms with van der Waals surface area (Å²) in [5, 5.41) is 7.75. The minimum atomic E-state index is 0. The van der Waals surface area contributed by atoms with Crippen LogP contribution in [0.1, 0.15) is 28.1 Å². The summed E-state index contributed by atoms with van der Waals surface area (Å²) in [6.45, 7) is 9.43. The number of aliphatic imine (C=N–C) groups is 1. The Hall–Kier alpha value is -1.39. The van der Waals surface area contributed by atoms with Gasteiger partial charge in [0.2, 0.25) is 0 Å². The van der Waals surface area contributed by atoms with Crippen molar-refractivity contribution in [3.63, 3.8) is 0 Å². The molecule has 0 radical (unpaired) electrons. The highest BCUT2D eigenvalue weighted by Gasteiger charge is 2.06. The molecule has 0 aliphatic rings. The number of aromatic nitrogens is 1. The lowest BCUT2D eigenvalue weighted by Gasteiger charge is -2.11. The highest BCUT2D eigenvalue weighted by atomic mass is 127. The maximum atomic E-state index is 5.58. The summed E-state index contributed by atoms with van der Waals surface area (Å²) in [4.78, 5) is 10.4. The second-order valence-electron chi connectivity index (χ2n) is 5.78. The van der Waals surface area contributed by atoms with Crippen molar-refractivity contribution >= 4 is 41.3 Å². The van der Waals surface area contributed by atoms with E-state index in [1.165, 1.54) is 4.88 Å². The number of nitrogens with zero attached hydrogens (tertiary/aromatic N) is 2. The van der Waals surface area contributed by atoms with Crippen LogP contribution in [-0.4, -0.2) is 37.8 Å². The summed E-state index contributed by atoms with van der Waals surface area (Å²) in [6, 6.07) is 7.99. The molecule has 1 aromatic heterocycles. The van der Waals surface area contributed by atoms with Gasteiger partial charge in [0.15, 0.2) is 5.96 Å². The van der Waals surface area contributed by atoms with E-state index in [1.54, 1.807) is 18.4 Å². The molecule has 0 aliphatic heterocycles. The van der Waals surface area contributed by atoms with Crippen molar-refractivity contribution in [3.05, 3.63) is 45.4 Å². The number of thiazole rings is 1. The van der Waals surface area contributed by atoms with Gasteiger partial charge < -0.3 is 20.1 Å². The third kappa shape index (κ3) is 8.44. The van der Waals surface area contributed by atoms with Crippen molar-refractivity contribution in [2.45, 2.75) is 33.9 Å². The Bertz CT molecular complexity index is 704. The lowest BCUT2D eigenvalue weighted by atomic mass is 10.2. The molecule has 8 heteroatoms. The monoisotopic (exact) mass is 504 g/mol. The van der Waals surface area contributed by atoms with E-state index in [2.05, 4.69) is 27.5 Å². The molecule has 0 saturated heterocycles. The summed E-state index contributed by atoms with van der Waals surface area (Å²) in [5.41, 5.74) is 2.21. The average Bonchev–Trinajstić information content (AvgIpc) is 2.96. The standard InChI is InChI=1S/C19H28N4O2S.HI/c1-5-20-19(22-13-18-14(2)23-15(3)26-18)21-12-16-6-8-17(9-7-16)25-11-10-24-4;/h6-9H,5,10-13H2,1-4H3,(H2,20,21,22);1H. The molecule has 1 aromatic carbocycles. The second-order valence-corrected chi connectivity index (χ2v) is 7.06. The summed E-state index contributed by atoms with van der Waals surface area (Å²) in [5.74, 6) is 1.65. The number of halogens is 1. The van der Waals surface area contributed by atoms with E-state index in [4.69, 9.17) is 9.47 Å². The molecular weight excluding hydrogens is 475 g/mol. The molecule has 0 spiro atoms. The molecule has 0 unspecified atom stereocenters. The van der Waals surface area contributed by atoms with Crippen molar-refractivity contribution in [2.24, 2.45) is 4.99 Å². The van der Waals surface area contributed by atoms with Crippen LogP contribution in [0.25, 0.3) is 0 Å². The fourth-order valence-electron chi connectivity index (χ4n) is 2.35. The van der Waals surface area contributed by atoms with Gasteiger partial charge in [-0.15, -0.1) is 35.3 Å². The number of aryl methyl sites for hydroxylation is 2. The minimum absolute atomic E-state index is 0. The Labute approximate surface area is 182 Å². The van der Waals surface area contributed by atoms with E-state index in [0.29, 0.717) is 19.8 Å². The first-order valence-electron chi connectivity index (χ1n) is 8.78. The third-order valence-electron chi connectivity index (χ3n) is 3.66. The van der Waals surface area contributed by atoms with Crippen LogP contribution in [0.15, 0.2) is 29.3 Å². The molecular formula is C19H29IN4O2S. The van der Waals surface area contributed by atoms with Gasteiger partial charge in [0.1, 0.15) is 12.4 Å². The minimum Gasteiger partial charge on any atom is -0.491 e. The van der Waals surface area contributed by atoms with Crippen molar-refractivity contribution in [1.29, 1.82) is 0 Å². The van der Waals surface area contributed by atoms with Crippen molar-refractivity contribution in [3.8, 4) is 5.75 Å². The third-order valence-corrected chi connectivity index (χ3v) is 4.73. The molecule has 27 heavy (non-hydrogen) atoms. The predicted molar refractivity (Wildman–Crippen MR) is 122 cm³/mol. The largest absolute Gasteiger partial charge is 0.491 e. The molecule has 150 valence electrons. The van der Waals surface area contributed by atoms with Crippen LogP contribution in [0.3, 0.4) is 0 Å². The van der Waals surface area contributed by atoms with Crippen molar-refractivity contribution in [1.82, 2.24) is 15.6 Å². The number of hydrogen-bond donors (Lipinski definition) is 2. The van der Waals surface area contributed by atoms with E-state index >= 15 is 0 Å². The lowest BCUT2D eigenvalue weighted by molar-refractivity contribution is 0.146. The SMILES string of the molecule is CCNC(=NCc1ccc(OCCOC)cc1)NCc1sc(C)nc1C.I. The topological polar surface area (TPSA) is 67.8 Å². The van der Waals surface area contributed by atoms with Crippen LogP contribution in [-0.2, 0) is 17.8 Å². The Balaban J connectivity index is 0.00000364. The van der Waals surface area contributed by atoms with Gasteiger partial charge in [0.05, 0.1) is 30.4 Å². The lowest BCUT2D eigenvalue weighted by Crippen LogP contribution is -2.36. The smallest absolute Gasteiger partial charge is 0.191 e. The zero-order valence-electron chi connectivity index (χ0n) is 16.4. The molecule has 2 rings (SSSR count). The van der Waals surface area contributed by atoms with Crippen LogP contribution in [0.2, 0.25) is 0 Å². The van der Waals surface area contributed by atoms with E-state index < -0.39 is 0 Å². The van der Waals surface area contributed by atoms with Crippen LogP contribution in [0.4, 0.5) is 0 Å². The quantitative estimate of drug-likeness (QED) is 0.236. The van der Waals surface area contributed by atoms with Gasteiger partial charge >= 0.3 is 0 Å². The van der Waals surface area contributed by atoms with E-state index in [1.807, 2.05) is 38.1 Å². The first kappa shape index (κ1) is 23.6. The molecule has 2 N–H and O–H groups in total. The number of benzene rings is 1. The molecule has 2 aromatic rings. The predicted octanol–water partition coefficient (Wildman–Crippen LogP) is 3.66. The number of guanidine groups is 1. The molecule has 1 heterocycles. The number of nitrogens with one attached hydrogen (secondary N) is 2. The molecule has 0 aliphatic carbocycles. The van der Waals surface area contributed by atoms with E-state index in [9.17, 15) is 0 Å². The highest BCUT2D eigenvalue weighted by molar-refractivity contribution is 14.0. The maximum absolute atomic E-state index is 5.58. The van der Waals surface area contributed by atoms with Crippen LogP contribution < -0.4 is 15.4 Å². The zero-order valence-corrected chi connectivity index (χ0v) is 19.5. The number of methoxy groups -OCH3 is 1. The Morgan fingerprint density at radius 3 is 2.48 bits per heavy atom. The highest BCUT2D eigenvalue weighted by Crippen LogP contribution is 2.16. The van der Waals surface area contributed by atoms with Gasteiger partial charge in [-0.05, 0) is 38.5 Å². The number of rotatable bonds is 9. The van der Waals surface area contributed by atoms with Gasteiger partial charge in [0, 0.05) is 18.5 Å². The molecule has 6 nitrogen and oxygen atoms in total. The van der Waals surface area contributed by atoms with Gasteiger partial charge in [-0.2, -0.15) is 0 Å². The molecule has 0 fully saturated rings. The second kappa shape index (κ2) is 12.9. The van der Waals surface area contributed by atoms with E-state index in [-0.39, 0.29) is 24.0 Å². The molecule has 0 atom stereocenters. The van der Waals surface area contributed by atoms with Gasteiger partial charge in [0.25, 0.3) is 0 Å². The average molecular weight is 504 g/mol.